The predicted octanol–water partition coefficient (Wildman–Crippen LogP) is 4.53. The van der Waals surface area contributed by atoms with Crippen LogP contribution >= 0.6 is 31.9 Å². The molecule has 1 fully saturated rings. The van der Waals surface area contributed by atoms with E-state index in [1.54, 1.807) is 0 Å². The third-order valence-electron chi connectivity index (χ3n) is 3.41. The van der Waals surface area contributed by atoms with Gasteiger partial charge in [0.05, 0.1) is 10.6 Å². The fraction of sp³-hybridized carbons (Fsp3) is 0.571. The topological polar surface area (TPSA) is 29.5 Å². The summed E-state index contributed by atoms with van der Waals surface area (Å²) in [5.41, 5.74) is 0. The Kier molecular flexibility index (Phi) is 5.52. The second-order valence-electron chi connectivity index (χ2n) is 4.93. The zero-order valence-electron chi connectivity index (χ0n) is 10.2. The maximum absolute atomic E-state index is 9.97. The van der Waals surface area contributed by atoms with Crippen LogP contribution in [0.15, 0.2) is 27.1 Å². The second-order valence-corrected chi connectivity index (χ2v) is 6.70. The fourth-order valence-electron chi connectivity index (χ4n) is 2.48. The molecule has 0 amide bonds. The molecule has 1 aromatic carbocycles. The Labute approximate surface area is 125 Å². The van der Waals surface area contributed by atoms with Crippen molar-refractivity contribution < 1.29 is 9.84 Å². The number of hydrogen-bond acceptors (Lipinski definition) is 2. The van der Waals surface area contributed by atoms with Gasteiger partial charge in [0, 0.05) is 4.47 Å². The van der Waals surface area contributed by atoms with Crippen LogP contribution in [0.5, 0.6) is 5.75 Å². The summed E-state index contributed by atoms with van der Waals surface area (Å²) < 4.78 is 7.56. The van der Waals surface area contributed by atoms with Crippen LogP contribution in [0.4, 0.5) is 0 Å². The van der Waals surface area contributed by atoms with Gasteiger partial charge < -0.3 is 9.84 Å². The van der Waals surface area contributed by atoms with Gasteiger partial charge in [-0.1, -0.05) is 41.6 Å². The SMILES string of the molecule is OC(COc1ccc(Br)cc1Br)CC1CCCC1. The minimum absolute atomic E-state index is 0.358. The number of ether oxygens (including phenoxy) is 1. The normalized spacial score (nSPS) is 17.9. The minimum Gasteiger partial charge on any atom is -0.490 e. The molecule has 0 radical (unpaired) electrons. The molecule has 1 saturated carbocycles. The Bertz CT molecular complexity index is 389. The third kappa shape index (κ3) is 4.25. The lowest BCUT2D eigenvalue weighted by molar-refractivity contribution is 0.0852. The lowest BCUT2D eigenvalue weighted by Gasteiger charge is -2.16. The van der Waals surface area contributed by atoms with Crippen LogP contribution in [0, 0.1) is 5.92 Å². The molecule has 0 saturated heterocycles. The number of hydrogen-bond donors (Lipinski definition) is 1. The number of halogens is 2. The Hall–Kier alpha value is -0.0600. The fourth-order valence-corrected chi connectivity index (χ4v) is 3.64. The number of aliphatic hydroxyl groups excluding tert-OH is 1. The smallest absolute Gasteiger partial charge is 0.133 e. The first-order valence-corrected chi connectivity index (χ1v) is 7.99. The largest absolute Gasteiger partial charge is 0.490 e. The standard InChI is InChI=1S/C14H18Br2O2/c15-11-5-6-14(13(16)8-11)18-9-12(17)7-10-3-1-2-4-10/h5-6,8,10,12,17H,1-4,7,9H2. The van der Waals surface area contributed by atoms with Crippen molar-refractivity contribution in [3.8, 4) is 5.75 Å². The van der Waals surface area contributed by atoms with Crippen molar-refractivity contribution in [3.05, 3.63) is 27.1 Å². The van der Waals surface area contributed by atoms with Crippen molar-refractivity contribution in [2.45, 2.75) is 38.2 Å². The molecule has 0 aromatic heterocycles. The molecule has 0 heterocycles. The van der Waals surface area contributed by atoms with Crippen LogP contribution in [-0.4, -0.2) is 17.8 Å². The van der Waals surface area contributed by atoms with Gasteiger partial charge in [-0.2, -0.15) is 0 Å². The molecular formula is C14H18Br2O2. The molecule has 0 bridgehead atoms. The molecule has 1 unspecified atom stereocenters. The summed E-state index contributed by atoms with van der Waals surface area (Å²) >= 11 is 6.85. The second kappa shape index (κ2) is 6.92. The highest BCUT2D eigenvalue weighted by atomic mass is 79.9. The van der Waals surface area contributed by atoms with E-state index in [1.807, 2.05) is 18.2 Å². The molecule has 1 aromatic rings. The van der Waals surface area contributed by atoms with Crippen molar-refractivity contribution in [3.63, 3.8) is 0 Å². The highest BCUT2D eigenvalue weighted by Gasteiger charge is 2.19. The van der Waals surface area contributed by atoms with E-state index < -0.39 is 0 Å². The lowest BCUT2D eigenvalue weighted by atomic mass is 10.0. The molecule has 2 nitrogen and oxygen atoms in total. The Balaban J connectivity index is 1.79. The zero-order valence-corrected chi connectivity index (χ0v) is 13.4. The molecule has 100 valence electrons. The first kappa shape index (κ1) is 14.4. The third-order valence-corrected chi connectivity index (χ3v) is 4.52. The van der Waals surface area contributed by atoms with Crippen molar-refractivity contribution in [2.24, 2.45) is 5.92 Å². The van der Waals surface area contributed by atoms with Gasteiger partial charge in [-0.25, -0.2) is 0 Å². The first-order valence-electron chi connectivity index (χ1n) is 6.41. The average Bonchev–Trinajstić information content (AvgIpc) is 2.80. The van der Waals surface area contributed by atoms with E-state index in [-0.39, 0.29) is 6.10 Å². The van der Waals surface area contributed by atoms with Crippen LogP contribution < -0.4 is 4.74 Å². The van der Waals surface area contributed by atoms with E-state index in [0.717, 1.165) is 21.1 Å². The molecule has 2 rings (SSSR count). The van der Waals surface area contributed by atoms with Gasteiger partial charge in [-0.3, -0.25) is 0 Å². The van der Waals surface area contributed by atoms with Gasteiger partial charge in [0.15, 0.2) is 0 Å². The van der Waals surface area contributed by atoms with E-state index in [2.05, 4.69) is 31.9 Å². The van der Waals surface area contributed by atoms with E-state index in [9.17, 15) is 5.11 Å². The summed E-state index contributed by atoms with van der Waals surface area (Å²) in [4.78, 5) is 0. The highest BCUT2D eigenvalue weighted by molar-refractivity contribution is 9.11. The molecule has 1 aliphatic carbocycles. The van der Waals surface area contributed by atoms with Gasteiger partial charge in [-0.15, -0.1) is 0 Å². The molecule has 0 spiro atoms. The average molecular weight is 378 g/mol. The molecule has 18 heavy (non-hydrogen) atoms. The van der Waals surface area contributed by atoms with Crippen molar-refractivity contribution >= 4 is 31.9 Å². The highest BCUT2D eigenvalue weighted by Crippen LogP contribution is 2.30. The lowest BCUT2D eigenvalue weighted by Crippen LogP contribution is -2.20. The maximum Gasteiger partial charge on any atom is 0.133 e. The quantitative estimate of drug-likeness (QED) is 0.816. The molecule has 1 N–H and O–H groups in total. The van der Waals surface area contributed by atoms with Gasteiger partial charge in [0.25, 0.3) is 0 Å². The van der Waals surface area contributed by atoms with Crippen LogP contribution in [0.1, 0.15) is 32.1 Å². The van der Waals surface area contributed by atoms with Crippen molar-refractivity contribution in [1.82, 2.24) is 0 Å². The van der Waals surface area contributed by atoms with Gasteiger partial charge >= 0.3 is 0 Å². The summed E-state index contributed by atoms with van der Waals surface area (Å²) in [5.74, 6) is 1.47. The molecular weight excluding hydrogens is 360 g/mol. The van der Waals surface area contributed by atoms with E-state index in [4.69, 9.17) is 4.74 Å². The number of benzene rings is 1. The molecule has 1 aliphatic rings. The van der Waals surface area contributed by atoms with Gasteiger partial charge in [-0.05, 0) is 46.5 Å². The molecule has 1 atom stereocenters. The van der Waals surface area contributed by atoms with Crippen LogP contribution in [0.25, 0.3) is 0 Å². The maximum atomic E-state index is 9.97. The van der Waals surface area contributed by atoms with Gasteiger partial charge in [0.1, 0.15) is 12.4 Å². The summed E-state index contributed by atoms with van der Waals surface area (Å²) in [7, 11) is 0. The minimum atomic E-state index is -0.358. The Morgan fingerprint density at radius 1 is 1.28 bits per heavy atom. The zero-order chi connectivity index (χ0) is 13.0. The van der Waals surface area contributed by atoms with Gasteiger partial charge in [0.2, 0.25) is 0 Å². The Morgan fingerprint density at radius 2 is 2.00 bits per heavy atom. The predicted molar refractivity (Wildman–Crippen MR) is 79.9 cm³/mol. The summed E-state index contributed by atoms with van der Waals surface area (Å²) in [6.07, 6.45) is 5.67. The van der Waals surface area contributed by atoms with Crippen molar-refractivity contribution in [1.29, 1.82) is 0 Å². The van der Waals surface area contributed by atoms with E-state index in [1.165, 1.54) is 25.7 Å². The number of rotatable bonds is 5. The van der Waals surface area contributed by atoms with E-state index in [0.29, 0.717) is 12.5 Å². The van der Waals surface area contributed by atoms with Crippen LogP contribution in [-0.2, 0) is 0 Å². The van der Waals surface area contributed by atoms with Crippen LogP contribution in [0.3, 0.4) is 0 Å². The monoisotopic (exact) mass is 376 g/mol. The van der Waals surface area contributed by atoms with Crippen molar-refractivity contribution in [2.75, 3.05) is 6.61 Å². The molecule has 0 aliphatic heterocycles. The summed E-state index contributed by atoms with van der Waals surface area (Å²) in [5, 5.41) is 9.97. The summed E-state index contributed by atoms with van der Waals surface area (Å²) in [6, 6.07) is 5.78. The van der Waals surface area contributed by atoms with Crippen LogP contribution in [0.2, 0.25) is 0 Å². The Morgan fingerprint density at radius 3 is 2.67 bits per heavy atom. The number of aliphatic hydroxyl groups is 1. The first-order chi connectivity index (χ1) is 8.65. The van der Waals surface area contributed by atoms with E-state index >= 15 is 0 Å². The summed E-state index contributed by atoms with van der Waals surface area (Å²) in [6.45, 7) is 0.372. The molecule has 4 heteroatoms.